The first-order valence-corrected chi connectivity index (χ1v) is 7.90. The minimum atomic E-state index is 0.601. The molecule has 0 unspecified atom stereocenters. The summed E-state index contributed by atoms with van der Waals surface area (Å²) in [5.41, 5.74) is 5.44. The Labute approximate surface area is 133 Å². The summed E-state index contributed by atoms with van der Waals surface area (Å²) in [5.74, 6) is 7.11. The molecule has 0 aliphatic carbocycles. The number of benzene rings is 1. The van der Waals surface area contributed by atoms with E-state index in [1.165, 1.54) is 0 Å². The maximum absolute atomic E-state index is 5.74. The van der Waals surface area contributed by atoms with Gasteiger partial charge >= 0.3 is 0 Å². The van der Waals surface area contributed by atoms with Crippen molar-refractivity contribution in [2.75, 3.05) is 12.0 Å². The van der Waals surface area contributed by atoms with Crippen LogP contribution in [0.2, 0.25) is 0 Å². The minimum absolute atomic E-state index is 0.601. The van der Waals surface area contributed by atoms with Crippen molar-refractivity contribution in [2.45, 2.75) is 6.92 Å². The Morgan fingerprint density at radius 1 is 1.36 bits per heavy atom. The average molecular weight is 311 g/mol. The van der Waals surface area contributed by atoms with Gasteiger partial charge in [-0.15, -0.1) is 11.3 Å². The summed E-state index contributed by atoms with van der Waals surface area (Å²) < 4.78 is 6.85. The van der Waals surface area contributed by atoms with Gasteiger partial charge in [-0.25, -0.2) is 10.8 Å². The maximum atomic E-state index is 5.74. The number of para-hydroxylation sites is 1. The van der Waals surface area contributed by atoms with Crippen molar-refractivity contribution in [3.8, 4) is 17.0 Å². The van der Waals surface area contributed by atoms with E-state index in [-0.39, 0.29) is 0 Å². The molecule has 0 bridgehead atoms. The number of rotatable bonds is 5. The van der Waals surface area contributed by atoms with Crippen molar-refractivity contribution in [1.29, 1.82) is 0 Å². The Balaban J connectivity index is 2.33. The second kappa shape index (κ2) is 6.17. The first-order chi connectivity index (χ1) is 10.8. The van der Waals surface area contributed by atoms with Crippen molar-refractivity contribution >= 4 is 33.3 Å². The Morgan fingerprint density at radius 3 is 2.91 bits per heavy atom. The highest BCUT2D eigenvalue weighted by atomic mass is 32.1. The van der Waals surface area contributed by atoms with Gasteiger partial charge in [0.05, 0.1) is 12.3 Å². The summed E-state index contributed by atoms with van der Waals surface area (Å²) in [6.45, 7) is 6.52. The third kappa shape index (κ3) is 2.34. The number of pyridine rings is 1. The lowest BCUT2D eigenvalue weighted by Gasteiger charge is -2.14. The molecule has 0 aliphatic heterocycles. The van der Waals surface area contributed by atoms with Crippen molar-refractivity contribution in [3.63, 3.8) is 0 Å². The van der Waals surface area contributed by atoms with Crippen LogP contribution in [0.25, 0.3) is 27.4 Å². The minimum Gasteiger partial charge on any atom is -0.493 e. The predicted molar refractivity (Wildman–Crippen MR) is 94.1 cm³/mol. The summed E-state index contributed by atoms with van der Waals surface area (Å²) >= 11 is 1.65. The molecule has 0 saturated heterocycles. The largest absolute Gasteiger partial charge is 0.493 e. The van der Waals surface area contributed by atoms with Gasteiger partial charge < -0.3 is 10.2 Å². The molecule has 2 heterocycles. The van der Waals surface area contributed by atoms with Crippen LogP contribution in [0.4, 0.5) is 5.82 Å². The van der Waals surface area contributed by atoms with Crippen LogP contribution in [-0.4, -0.2) is 11.6 Å². The van der Waals surface area contributed by atoms with E-state index in [1.807, 2.05) is 48.7 Å². The predicted octanol–water partition coefficient (Wildman–Crippen LogP) is 4.29. The van der Waals surface area contributed by atoms with Crippen LogP contribution in [0.15, 0.2) is 42.3 Å². The molecule has 0 spiro atoms. The fraction of sp³-hybridized carbons (Fsp3) is 0.118. The zero-order chi connectivity index (χ0) is 15.5. The fourth-order valence-corrected chi connectivity index (χ4v) is 3.43. The molecule has 0 aliphatic rings. The number of nitrogens with zero attached hydrogens (tertiary/aromatic N) is 1. The monoisotopic (exact) mass is 311 g/mol. The third-order valence-corrected chi connectivity index (χ3v) is 4.37. The summed E-state index contributed by atoms with van der Waals surface area (Å²) in [7, 11) is 0. The molecule has 3 aromatic rings. The Morgan fingerprint density at radius 2 is 2.18 bits per heavy atom. The zero-order valence-corrected chi connectivity index (χ0v) is 13.1. The van der Waals surface area contributed by atoms with Gasteiger partial charge in [-0.05, 0) is 30.5 Å². The third-order valence-electron chi connectivity index (χ3n) is 3.43. The topological polar surface area (TPSA) is 60.2 Å². The van der Waals surface area contributed by atoms with Crippen LogP contribution in [0.1, 0.15) is 12.5 Å². The van der Waals surface area contributed by atoms with Crippen molar-refractivity contribution in [1.82, 2.24) is 4.98 Å². The quantitative estimate of drug-likeness (QED) is 0.545. The van der Waals surface area contributed by atoms with Gasteiger partial charge in [0.15, 0.2) is 0 Å². The molecule has 0 fully saturated rings. The van der Waals surface area contributed by atoms with Crippen LogP contribution in [0.3, 0.4) is 0 Å². The van der Waals surface area contributed by atoms with E-state index in [0.717, 1.165) is 32.7 Å². The number of nitrogen functional groups attached to an aromatic ring is 1. The summed E-state index contributed by atoms with van der Waals surface area (Å²) in [6, 6.07) is 9.88. The Kier molecular flexibility index (Phi) is 4.09. The molecule has 3 N–H and O–H groups in total. The number of anilines is 1. The van der Waals surface area contributed by atoms with Crippen LogP contribution in [0, 0.1) is 0 Å². The Hall–Kier alpha value is -2.37. The van der Waals surface area contributed by atoms with Crippen molar-refractivity contribution in [2.24, 2.45) is 5.84 Å². The first-order valence-electron chi connectivity index (χ1n) is 7.02. The van der Waals surface area contributed by atoms with Crippen molar-refractivity contribution < 1.29 is 4.74 Å². The van der Waals surface area contributed by atoms with Gasteiger partial charge in [-0.3, -0.25) is 0 Å². The highest BCUT2D eigenvalue weighted by molar-refractivity contribution is 7.17. The van der Waals surface area contributed by atoms with Crippen LogP contribution in [-0.2, 0) is 0 Å². The van der Waals surface area contributed by atoms with E-state index in [9.17, 15) is 0 Å². The smallest absolute Gasteiger partial charge is 0.149 e. The lowest BCUT2D eigenvalue weighted by Crippen LogP contribution is -2.10. The first kappa shape index (κ1) is 14.6. The van der Waals surface area contributed by atoms with E-state index in [0.29, 0.717) is 12.4 Å². The van der Waals surface area contributed by atoms with Gasteiger partial charge in [0.1, 0.15) is 11.6 Å². The second-order valence-electron chi connectivity index (χ2n) is 4.66. The van der Waals surface area contributed by atoms with Crippen LogP contribution >= 0.6 is 11.3 Å². The number of ether oxygens (including phenoxy) is 1. The molecule has 0 saturated carbocycles. The number of nitrogens with one attached hydrogen (secondary N) is 1. The van der Waals surface area contributed by atoms with E-state index in [2.05, 4.69) is 12.0 Å². The van der Waals surface area contributed by atoms with E-state index < -0.39 is 0 Å². The molecular weight excluding hydrogens is 294 g/mol. The molecule has 0 atom stereocenters. The molecule has 5 heteroatoms. The number of hydrogen-bond donors (Lipinski definition) is 2. The summed E-state index contributed by atoms with van der Waals surface area (Å²) in [5, 5.41) is 3.03. The lowest BCUT2D eigenvalue weighted by atomic mass is 10.0. The molecule has 4 nitrogen and oxygen atoms in total. The Bertz CT molecular complexity index is 826. The molecule has 0 amide bonds. The summed E-state index contributed by atoms with van der Waals surface area (Å²) in [4.78, 5) is 4.69. The van der Waals surface area contributed by atoms with E-state index in [4.69, 9.17) is 15.6 Å². The lowest BCUT2D eigenvalue weighted by molar-refractivity contribution is 0.341. The van der Waals surface area contributed by atoms with Gasteiger partial charge in [-0.2, -0.15) is 0 Å². The van der Waals surface area contributed by atoms with Crippen LogP contribution < -0.4 is 16.0 Å². The SMILES string of the molecule is C=Cc1c(-c2ccccc2OCC)nc(NN)c2ccsc12. The fourth-order valence-electron chi connectivity index (χ4n) is 2.49. The number of hydrazine groups is 1. The van der Waals surface area contributed by atoms with Gasteiger partial charge in [0, 0.05) is 21.2 Å². The number of hydrogen-bond acceptors (Lipinski definition) is 5. The van der Waals surface area contributed by atoms with E-state index >= 15 is 0 Å². The molecule has 1 aromatic carbocycles. The average Bonchev–Trinajstić information content (AvgIpc) is 3.03. The number of thiophene rings is 1. The van der Waals surface area contributed by atoms with Gasteiger partial charge in [0.2, 0.25) is 0 Å². The molecule has 3 rings (SSSR count). The molecule has 22 heavy (non-hydrogen) atoms. The standard InChI is InChI=1S/C17H17N3OS/c1-3-11-15(12-7-5-6-8-14(12)21-4-2)19-17(20-18)13-9-10-22-16(11)13/h3,5-10H,1,4,18H2,2H3,(H,19,20). The molecule has 0 radical (unpaired) electrons. The second-order valence-corrected chi connectivity index (χ2v) is 5.58. The molecule has 2 aromatic heterocycles. The van der Waals surface area contributed by atoms with Gasteiger partial charge in [0.25, 0.3) is 0 Å². The summed E-state index contributed by atoms with van der Waals surface area (Å²) in [6.07, 6.45) is 1.84. The van der Waals surface area contributed by atoms with Gasteiger partial charge in [-0.1, -0.05) is 24.8 Å². The van der Waals surface area contributed by atoms with Crippen molar-refractivity contribution in [3.05, 3.63) is 47.9 Å². The molecule has 112 valence electrons. The maximum Gasteiger partial charge on any atom is 0.149 e. The number of fused-ring (bicyclic) bond motifs is 1. The highest BCUT2D eigenvalue weighted by Gasteiger charge is 2.17. The van der Waals surface area contributed by atoms with Crippen LogP contribution in [0.5, 0.6) is 5.75 Å². The normalized spacial score (nSPS) is 10.6. The number of aromatic nitrogens is 1. The highest BCUT2D eigenvalue weighted by Crippen LogP contribution is 2.39. The zero-order valence-electron chi connectivity index (χ0n) is 12.3. The molecular formula is C17H17N3OS. The number of nitrogens with two attached hydrogens (primary N) is 1. The van der Waals surface area contributed by atoms with E-state index in [1.54, 1.807) is 11.3 Å².